The Labute approximate surface area is 156 Å². The van der Waals surface area contributed by atoms with E-state index in [0.717, 1.165) is 0 Å². The first-order valence-electron chi connectivity index (χ1n) is 8.60. The number of aromatic nitrogens is 2. The van der Waals surface area contributed by atoms with Crippen molar-refractivity contribution in [1.29, 1.82) is 0 Å². The number of hydrogen-bond acceptors (Lipinski definition) is 7. The van der Waals surface area contributed by atoms with Crippen LogP contribution in [0.2, 0.25) is 0 Å². The molecule has 2 aromatic rings. The van der Waals surface area contributed by atoms with Gasteiger partial charge in [-0.2, -0.15) is 0 Å². The number of nitro groups is 1. The smallest absolute Gasteiger partial charge is 0.300 e. The minimum absolute atomic E-state index is 0.0296. The van der Waals surface area contributed by atoms with Gasteiger partial charge in [0.25, 0.3) is 23.0 Å². The lowest BCUT2D eigenvalue weighted by atomic mass is 10.1. The van der Waals surface area contributed by atoms with Crippen LogP contribution >= 0.6 is 0 Å². The SMILES string of the molecule is CC(C)N(CCNC(=O)c1c(-c2ccc([N+](=O)[O-])cc2)no[n+]1[O-])C(C)C. The highest BCUT2D eigenvalue weighted by molar-refractivity contribution is 5.96. The third kappa shape index (κ3) is 4.79. The summed E-state index contributed by atoms with van der Waals surface area (Å²) in [5, 5.41) is 28.9. The molecule has 10 nitrogen and oxygen atoms in total. The molecule has 1 N–H and O–H groups in total. The molecular weight excluding hydrogens is 354 g/mol. The largest absolute Gasteiger partial charge is 0.359 e. The zero-order chi connectivity index (χ0) is 20.1. The van der Waals surface area contributed by atoms with Crippen LogP contribution in [0.3, 0.4) is 0 Å². The van der Waals surface area contributed by atoms with Crippen LogP contribution in [0.4, 0.5) is 5.69 Å². The topological polar surface area (TPSA) is 128 Å². The Morgan fingerprint density at radius 2 is 1.85 bits per heavy atom. The molecule has 0 saturated heterocycles. The summed E-state index contributed by atoms with van der Waals surface area (Å²) in [6, 6.07) is 5.99. The third-order valence-electron chi connectivity index (χ3n) is 4.16. The van der Waals surface area contributed by atoms with E-state index in [-0.39, 0.29) is 22.0 Å². The summed E-state index contributed by atoms with van der Waals surface area (Å²) in [6.07, 6.45) is 0. The molecule has 1 aromatic carbocycles. The van der Waals surface area contributed by atoms with Crippen molar-refractivity contribution in [2.45, 2.75) is 39.8 Å². The Morgan fingerprint density at radius 1 is 1.26 bits per heavy atom. The van der Waals surface area contributed by atoms with E-state index in [2.05, 4.69) is 47.7 Å². The standard InChI is InChI=1S/C17H23N5O5/c1-11(2)20(12(3)4)10-9-18-17(23)16-15(19-27-22(16)26)13-5-7-14(8-6-13)21(24)25/h5-8,11-12H,9-10H2,1-4H3,(H,18,23). The number of carbonyl (C=O) groups excluding carboxylic acids is 1. The van der Waals surface area contributed by atoms with Crippen LogP contribution in [-0.2, 0) is 0 Å². The monoisotopic (exact) mass is 377 g/mol. The number of carbonyl (C=O) groups is 1. The van der Waals surface area contributed by atoms with Crippen molar-refractivity contribution in [3.63, 3.8) is 0 Å². The molecule has 0 aliphatic rings. The maximum Gasteiger partial charge on any atom is 0.300 e. The molecule has 1 aromatic heterocycles. The lowest BCUT2D eigenvalue weighted by Gasteiger charge is -2.30. The average Bonchev–Trinajstić information content (AvgIpc) is 2.99. The molecule has 146 valence electrons. The Kier molecular flexibility index (Phi) is 6.45. The van der Waals surface area contributed by atoms with Gasteiger partial charge in [0.2, 0.25) is 0 Å². The number of nitrogens with one attached hydrogen (secondary N) is 1. The van der Waals surface area contributed by atoms with Crippen LogP contribution in [-0.4, -0.2) is 46.1 Å². The first kappa shape index (κ1) is 20.3. The highest BCUT2D eigenvalue weighted by atomic mass is 16.8. The molecule has 0 atom stereocenters. The van der Waals surface area contributed by atoms with Crippen molar-refractivity contribution in [2.75, 3.05) is 13.1 Å². The summed E-state index contributed by atoms with van der Waals surface area (Å²) >= 11 is 0. The molecule has 0 bridgehead atoms. The fourth-order valence-corrected chi connectivity index (χ4v) is 2.86. The number of nitrogens with zero attached hydrogens (tertiary/aromatic N) is 4. The van der Waals surface area contributed by atoms with Gasteiger partial charge in [0.05, 0.1) is 4.92 Å². The molecular formula is C17H23N5O5. The molecule has 0 unspecified atom stereocenters. The third-order valence-corrected chi connectivity index (χ3v) is 4.16. The molecule has 0 saturated carbocycles. The summed E-state index contributed by atoms with van der Waals surface area (Å²) in [6.45, 7) is 9.25. The minimum Gasteiger partial charge on any atom is -0.359 e. The van der Waals surface area contributed by atoms with Gasteiger partial charge < -0.3 is 10.5 Å². The van der Waals surface area contributed by atoms with Gasteiger partial charge in [-0.05, 0) is 44.7 Å². The van der Waals surface area contributed by atoms with Crippen molar-refractivity contribution in [1.82, 2.24) is 15.4 Å². The molecule has 2 rings (SSSR count). The fourth-order valence-electron chi connectivity index (χ4n) is 2.86. The van der Waals surface area contributed by atoms with Crippen molar-refractivity contribution < 1.29 is 19.2 Å². The van der Waals surface area contributed by atoms with Crippen molar-refractivity contribution >= 4 is 11.6 Å². The van der Waals surface area contributed by atoms with E-state index in [9.17, 15) is 20.1 Å². The number of rotatable bonds is 8. The Balaban J connectivity index is 2.13. The number of benzene rings is 1. The maximum atomic E-state index is 12.5. The maximum absolute atomic E-state index is 12.5. The second-order valence-corrected chi connectivity index (χ2v) is 6.61. The van der Waals surface area contributed by atoms with E-state index >= 15 is 0 Å². The molecule has 1 heterocycles. The van der Waals surface area contributed by atoms with Crippen molar-refractivity contribution in [2.24, 2.45) is 0 Å². The van der Waals surface area contributed by atoms with E-state index < -0.39 is 10.8 Å². The Bertz CT molecular complexity index is 793. The first-order valence-corrected chi connectivity index (χ1v) is 8.60. The molecule has 27 heavy (non-hydrogen) atoms. The highest BCUT2D eigenvalue weighted by Crippen LogP contribution is 2.22. The molecule has 10 heteroatoms. The van der Waals surface area contributed by atoms with Gasteiger partial charge >= 0.3 is 0 Å². The van der Waals surface area contributed by atoms with Crippen LogP contribution in [0, 0.1) is 15.3 Å². The number of non-ortho nitro benzene ring substituents is 1. The predicted molar refractivity (Wildman–Crippen MR) is 96.9 cm³/mol. The first-order chi connectivity index (χ1) is 12.7. The summed E-state index contributed by atoms with van der Waals surface area (Å²) in [4.78, 5) is 24.9. The quantitative estimate of drug-likeness (QED) is 0.421. The second kappa shape index (κ2) is 8.58. The summed E-state index contributed by atoms with van der Waals surface area (Å²) in [7, 11) is 0. The highest BCUT2D eigenvalue weighted by Gasteiger charge is 2.28. The fraction of sp³-hybridized carbons (Fsp3) is 0.471. The Morgan fingerprint density at radius 3 is 2.37 bits per heavy atom. The van der Waals surface area contributed by atoms with Gasteiger partial charge in [-0.25, -0.2) is 0 Å². The van der Waals surface area contributed by atoms with Crippen LogP contribution in [0.1, 0.15) is 38.2 Å². The second-order valence-electron chi connectivity index (χ2n) is 6.61. The molecule has 0 aliphatic carbocycles. The zero-order valence-corrected chi connectivity index (χ0v) is 15.7. The normalized spacial score (nSPS) is 11.4. The van der Waals surface area contributed by atoms with Gasteiger partial charge in [0.1, 0.15) is 0 Å². The lowest BCUT2D eigenvalue weighted by Crippen LogP contribution is -2.44. The van der Waals surface area contributed by atoms with Crippen LogP contribution in [0.25, 0.3) is 11.3 Å². The molecule has 0 radical (unpaired) electrons. The Hall–Kier alpha value is -3.01. The van der Waals surface area contributed by atoms with Gasteiger partial charge in [-0.15, -0.1) is 0 Å². The van der Waals surface area contributed by atoms with E-state index in [0.29, 0.717) is 30.7 Å². The summed E-state index contributed by atoms with van der Waals surface area (Å²) in [5.41, 5.74) is 0.00673. The van der Waals surface area contributed by atoms with E-state index in [1.807, 2.05) is 0 Å². The molecule has 0 aliphatic heterocycles. The van der Waals surface area contributed by atoms with Crippen LogP contribution < -0.4 is 10.2 Å². The van der Waals surface area contributed by atoms with Crippen molar-refractivity contribution in [3.05, 3.63) is 45.3 Å². The van der Waals surface area contributed by atoms with E-state index in [4.69, 9.17) is 0 Å². The minimum atomic E-state index is -0.618. The molecule has 0 spiro atoms. The van der Waals surface area contributed by atoms with Gasteiger partial charge in [-0.3, -0.25) is 24.4 Å². The van der Waals surface area contributed by atoms with E-state index in [1.54, 1.807) is 0 Å². The predicted octanol–water partition coefficient (Wildman–Crippen LogP) is 1.73. The lowest BCUT2D eigenvalue weighted by molar-refractivity contribution is -0.803. The van der Waals surface area contributed by atoms with E-state index in [1.165, 1.54) is 24.3 Å². The van der Waals surface area contributed by atoms with Crippen LogP contribution in [0.15, 0.2) is 28.9 Å². The summed E-state index contributed by atoms with van der Waals surface area (Å²) < 4.78 is 4.56. The number of nitro benzene ring substituents is 1. The van der Waals surface area contributed by atoms with Gasteiger partial charge in [0, 0.05) is 48.0 Å². The van der Waals surface area contributed by atoms with Crippen molar-refractivity contribution in [3.8, 4) is 11.3 Å². The van der Waals surface area contributed by atoms with Crippen LogP contribution in [0.5, 0.6) is 0 Å². The molecule has 1 amide bonds. The molecule has 0 fully saturated rings. The number of amides is 1. The van der Waals surface area contributed by atoms with Gasteiger partial charge in [0.15, 0.2) is 0 Å². The number of hydrogen-bond donors (Lipinski definition) is 1. The van der Waals surface area contributed by atoms with Gasteiger partial charge in [-0.1, -0.05) is 0 Å². The average molecular weight is 377 g/mol. The zero-order valence-electron chi connectivity index (χ0n) is 15.7. The summed E-state index contributed by atoms with van der Waals surface area (Å²) in [5.74, 6) is -0.618.